The van der Waals surface area contributed by atoms with Gasteiger partial charge in [0.05, 0.1) is 6.04 Å². The molecule has 0 aliphatic rings. The summed E-state index contributed by atoms with van der Waals surface area (Å²) in [6, 6.07) is 11.6. The molecule has 0 aliphatic carbocycles. The van der Waals surface area contributed by atoms with Crippen molar-refractivity contribution in [2.45, 2.75) is 13.0 Å². The van der Waals surface area contributed by atoms with Crippen LogP contribution in [0.4, 0.5) is 0 Å². The maximum atomic E-state index is 11.9. The van der Waals surface area contributed by atoms with E-state index in [1.807, 2.05) is 37.3 Å². The molecule has 0 saturated heterocycles. The number of carbonyl (C=O) groups excluding carboxylic acids is 1. The Morgan fingerprint density at radius 3 is 2.59 bits per heavy atom. The van der Waals surface area contributed by atoms with E-state index in [1.165, 1.54) is 0 Å². The number of rotatable bonds is 3. The first kappa shape index (κ1) is 11.4. The zero-order chi connectivity index (χ0) is 12.3. The molecule has 0 fully saturated rings. The van der Waals surface area contributed by atoms with Gasteiger partial charge in [-0.2, -0.15) is 5.10 Å². The summed E-state index contributed by atoms with van der Waals surface area (Å²) in [4.78, 5) is 11.9. The fourth-order valence-corrected chi connectivity index (χ4v) is 1.69. The minimum absolute atomic E-state index is 0.0152. The van der Waals surface area contributed by atoms with Crippen molar-refractivity contribution < 1.29 is 4.79 Å². The van der Waals surface area contributed by atoms with Crippen molar-refractivity contribution in [2.75, 3.05) is 0 Å². The first-order valence-electron chi connectivity index (χ1n) is 5.52. The summed E-state index contributed by atoms with van der Waals surface area (Å²) in [5, 5.41) is 6.91. The lowest BCUT2D eigenvalue weighted by molar-refractivity contribution is 0.0930. The number of nitrogens with zero attached hydrogens (tertiary/aromatic N) is 2. The van der Waals surface area contributed by atoms with Gasteiger partial charge in [-0.25, -0.2) is 0 Å². The predicted octanol–water partition coefficient (Wildman–Crippen LogP) is 1.91. The Morgan fingerprint density at radius 1 is 1.29 bits per heavy atom. The summed E-state index contributed by atoms with van der Waals surface area (Å²) in [7, 11) is 1.75. The molecule has 1 amide bonds. The van der Waals surface area contributed by atoms with Gasteiger partial charge >= 0.3 is 0 Å². The summed E-state index contributed by atoms with van der Waals surface area (Å²) in [6.07, 6.45) is 1.61. The Hall–Kier alpha value is -2.10. The Balaban J connectivity index is 2.08. The summed E-state index contributed by atoms with van der Waals surface area (Å²) in [5.41, 5.74) is 1.65. The van der Waals surface area contributed by atoms with Gasteiger partial charge in [0.1, 0.15) is 5.69 Å². The topological polar surface area (TPSA) is 46.9 Å². The van der Waals surface area contributed by atoms with Gasteiger partial charge in [-0.3, -0.25) is 9.48 Å². The number of hydrogen-bond donors (Lipinski definition) is 1. The molecule has 0 bridgehead atoms. The number of aryl methyl sites for hydroxylation is 1. The van der Waals surface area contributed by atoms with E-state index < -0.39 is 0 Å². The largest absolute Gasteiger partial charge is 0.344 e. The van der Waals surface area contributed by atoms with Crippen LogP contribution < -0.4 is 5.32 Å². The Labute approximate surface area is 100 Å². The molecule has 0 radical (unpaired) electrons. The van der Waals surface area contributed by atoms with Gasteiger partial charge in [-0.15, -0.1) is 0 Å². The molecule has 4 heteroatoms. The highest BCUT2D eigenvalue weighted by molar-refractivity contribution is 5.92. The third-order valence-corrected chi connectivity index (χ3v) is 2.70. The monoisotopic (exact) mass is 229 g/mol. The van der Waals surface area contributed by atoms with Crippen molar-refractivity contribution in [1.29, 1.82) is 0 Å². The highest BCUT2D eigenvalue weighted by Gasteiger charge is 2.13. The SMILES string of the molecule is CC(NC(=O)c1ccnn1C)c1ccccc1. The zero-order valence-corrected chi connectivity index (χ0v) is 9.92. The van der Waals surface area contributed by atoms with Crippen LogP contribution in [0.2, 0.25) is 0 Å². The van der Waals surface area contributed by atoms with Crippen molar-refractivity contribution in [2.24, 2.45) is 7.05 Å². The molecule has 1 aromatic heterocycles. The number of nitrogens with one attached hydrogen (secondary N) is 1. The predicted molar refractivity (Wildman–Crippen MR) is 65.5 cm³/mol. The Kier molecular flexibility index (Phi) is 3.23. The van der Waals surface area contributed by atoms with Gasteiger partial charge in [0.25, 0.3) is 5.91 Å². The summed E-state index contributed by atoms with van der Waals surface area (Å²) in [5.74, 6) is -0.110. The van der Waals surface area contributed by atoms with E-state index in [4.69, 9.17) is 0 Å². The molecule has 1 atom stereocenters. The van der Waals surface area contributed by atoms with Crippen molar-refractivity contribution >= 4 is 5.91 Å². The van der Waals surface area contributed by atoms with Gasteiger partial charge in [0.15, 0.2) is 0 Å². The minimum atomic E-state index is -0.110. The number of aromatic nitrogens is 2. The van der Waals surface area contributed by atoms with Crippen LogP contribution in [0.3, 0.4) is 0 Å². The Bertz CT molecular complexity index is 504. The van der Waals surface area contributed by atoms with Gasteiger partial charge in [0.2, 0.25) is 0 Å². The van der Waals surface area contributed by atoms with Gasteiger partial charge in [-0.05, 0) is 18.6 Å². The molecule has 0 saturated carbocycles. The van der Waals surface area contributed by atoms with E-state index in [9.17, 15) is 4.79 Å². The second-order valence-corrected chi connectivity index (χ2v) is 3.95. The first-order chi connectivity index (χ1) is 8.18. The van der Waals surface area contributed by atoms with Crippen LogP contribution in [0.5, 0.6) is 0 Å². The Morgan fingerprint density at radius 2 is 2.00 bits per heavy atom. The van der Waals surface area contributed by atoms with Crippen molar-refractivity contribution in [3.8, 4) is 0 Å². The molecule has 1 aromatic carbocycles. The lowest BCUT2D eigenvalue weighted by Gasteiger charge is -2.14. The quantitative estimate of drug-likeness (QED) is 0.874. The molecule has 0 spiro atoms. The van der Waals surface area contributed by atoms with Crippen LogP contribution in [-0.4, -0.2) is 15.7 Å². The standard InChI is InChI=1S/C13H15N3O/c1-10(11-6-4-3-5-7-11)15-13(17)12-8-9-14-16(12)2/h3-10H,1-2H3,(H,15,17). The smallest absolute Gasteiger partial charge is 0.270 e. The second-order valence-electron chi connectivity index (χ2n) is 3.95. The average molecular weight is 229 g/mol. The van der Waals surface area contributed by atoms with E-state index in [1.54, 1.807) is 24.0 Å². The van der Waals surface area contributed by atoms with E-state index >= 15 is 0 Å². The first-order valence-corrected chi connectivity index (χ1v) is 5.52. The van der Waals surface area contributed by atoms with Crippen molar-refractivity contribution in [3.63, 3.8) is 0 Å². The summed E-state index contributed by atoms with van der Waals surface area (Å²) >= 11 is 0. The van der Waals surface area contributed by atoms with Crippen LogP contribution >= 0.6 is 0 Å². The summed E-state index contributed by atoms with van der Waals surface area (Å²) in [6.45, 7) is 1.96. The molecular formula is C13H15N3O. The molecule has 2 rings (SSSR count). The van der Waals surface area contributed by atoms with Crippen LogP contribution in [0.1, 0.15) is 29.0 Å². The molecule has 4 nitrogen and oxygen atoms in total. The number of benzene rings is 1. The highest BCUT2D eigenvalue weighted by atomic mass is 16.2. The average Bonchev–Trinajstić information content (AvgIpc) is 2.76. The van der Waals surface area contributed by atoms with E-state index in [2.05, 4.69) is 10.4 Å². The van der Waals surface area contributed by atoms with E-state index in [-0.39, 0.29) is 11.9 Å². The van der Waals surface area contributed by atoms with Crippen LogP contribution in [0, 0.1) is 0 Å². The number of hydrogen-bond acceptors (Lipinski definition) is 2. The maximum absolute atomic E-state index is 11.9. The molecule has 1 heterocycles. The fourth-order valence-electron chi connectivity index (χ4n) is 1.69. The number of carbonyl (C=O) groups is 1. The molecule has 0 aliphatic heterocycles. The lowest BCUT2D eigenvalue weighted by atomic mass is 10.1. The molecule has 2 aromatic rings. The van der Waals surface area contributed by atoms with Crippen molar-refractivity contribution in [1.82, 2.24) is 15.1 Å². The van der Waals surface area contributed by atoms with E-state index in [0.717, 1.165) is 5.56 Å². The van der Waals surface area contributed by atoms with Crippen molar-refractivity contribution in [3.05, 3.63) is 53.9 Å². The van der Waals surface area contributed by atoms with Gasteiger partial charge in [-0.1, -0.05) is 30.3 Å². The second kappa shape index (κ2) is 4.82. The highest BCUT2D eigenvalue weighted by Crippen LogP contribution is 2.11. The summed E-state index contributed by atoms with van der Waals surface area (Å²) < 4.78 is 1.56. The third-order valence-electron chi connectivity index (χ3n) is 2.70. The van der Waals surface area contributed by atoms with Crippen LogP contribution in [-0.2, 0) is 7.05 Å². The van der Waals surface area contributed by atoms with Crippen LogP contribution in [0.15, 0.2) is 42.6 Å². The maximum Gasteiger partial charge on any atom is 0.270 e. The molecule has 88 valence electrons. The third kappa shape index (κ3) is 2.53. The molecule has 17 heavy (non-hydrogen) atoms. The molecule has 1 N–H and O–H groups in total. The van der Waals surface area contributed by atoms with Crippen LogP contribution in [0.25, 0.3) is 0 Å². The number of amides is 1. The normalized spacial score (nSPS) is 12.1. The molecular weight excluding hydrogens is 214 g/mol. The lowest BCUT2D eigenvalue weighted by Crippen LogP contribution is -2.28. The van der Waals surface area contributed by atoms with Gasteiger partial charge in [0, 0.05) is 13.2 Å². The molecule has 1 unspecified atom stereocenters. The van der Waals surface area contributed by atoms with Gasteiger partial charge < -0.3 is 5.32 Å². The minimum Gasteiger partial charge on any atom is -0.344 e. The zero-order valence-electron chi connectivity index (χ0n) is 9.92. The van der Waals surface area contributed by atoms with E-state index in [0.29, 0.717) is 5.69 Å². The fraction of sp³-hybridized carbons (Fsp3) is 0.231.